The maximum absolute atomic E-state index is 12.6. The fourth-order valence-corrected chi connectivity index (χ4v) is 4.51. The molecular formula is C29H30N6O2. The first-order valence-corrected chi connectivity index (χ1v) is 12.4. The standard InChI is InChI=1S/C29H30N6O2/c1-4-31-27(36)16-25-29-34-33-19(3)35(29)26-14-13-22(37-17-21-7-5-6-8-24(21)30)15-23(26)28(32-25)20-11-9-18(2)10-12-20/h5-15,25H,4,16-17,30H2,1-3H3,(H,31,36). The van der Waals surface area contributed by atoms with Crippen LogP contribution in [0.3, 0.4) is 0 Å². The highest BCUT2D eigenvalue weighted by molar-refractivity contribution is 6.15. The van der Waals surface area contributed by atoms with Gasteiger partial charge in [0.2, 0.25) is 5.91 Å². The Bertz CT molecular complexity index is 1470. The molecular weight excluding hydrogens is 464 g/mol. The van der Waals surface area contributed by atoms with Gasteiger partial charge in [-0.2, -0.15) is 0 Å². The molecule has 0 radical (unpaired) electrons. The molecule has 1 atom stereocenters. The Balaban J connectivity index is 1.62. The van der Waals surface area contributed by atoms with Gasteiger partial charge in [-0.05, 0) is 45.0 Å². The number of hydrogen-bond donors (Lipinski definition) is 2. The number of benzene rings is 3. The SMILES string of the molecule is CCNC(=O)CC1N=C(c2ccc(C)cc2)c2cc(OCc3ccccc3N)ccc2-n2c(C)nnc21. The van der Waals surface area contributed by atoms with E-state index in [1.165, 1.54) is 0 Å². The molecule has 5 rings (SSSR count). The molecule has 1 aliphatic rings. The predicted molar refractivity (Wildman–Crippen MR) is 144 cm³/mol. The lowest BCUT2D eigenvalue weighted by Crippen LogP contribution is -2.25. The third-order valence-corrected chi connectivity index (χ3v) is 6.42. The summed E-state index contributed by atoms with van der Waals surface area (Å²) in [5.41, 5.74) is 12.4. The van der Waals surface area contributed by atoms with Gasteiger partial charge < -0.3 is 15.8 Å². The molecule has 2 heterocycles. The van der Waals surface area contributed by atoms with E-state index in [0.717, 1.165) is 39.5 Å². The number of anilines is 1. The summed E-state index contributed by atoms with van der Waals surface area (Å²) in [4.78, 5) is 17.8. The number of aromatic nitrogens is 3. The maximum atomic E-state index is 12.6. The number of hydrogen-bond acceptors (Lipinski definition) is 6. The second kappa shape index (κ2) is 10.3. The highest BCUT2D eigenvalue weighted by Crippen LogP contribution is 2.34. The number of amides is 1. The summed E-state index contributed by atoms with van der Waals surface area (Å²) in [6, 6.07) is 21.3. The number of nitrogens with two attached hydrogens (primary N) is 1. The fourth-order valence-electron chi connectivity index (χ4n) is 4.51. The molecule has 1 aliphatic heterocycles. The van der Waals surface area contributed by atoms with Crippen LogP contribution in [0.5, 0.6) is 5.75 Å². The lowest BCUT2D eigenvalue weighted by molar-refractivity contribution is -0.121. The van der Waals surface area contributed by atoms with Gasteiger partial charge in [0.25, 0.3) is 0 Å². The van der Waals surface area contributed by atoms with E-state index in [0.29, 0.717) is 30.4 Å². The van der Waals surface area contributed by atoms with Crippen molar-refractivity contribution in [2.45, 2.75) is 39.8 Å². The molecule has 0 saturated heterocycles. The van der Waals surface area contributed by atoms with Crippen molar-refractivity contribution < 1.29 is 9.53 Å². The van der Waals surface area contributed by atoms with E-state index in [-0.39, 0.29) is 12.3 Å². The first-order valence-electron chi connectivity index (χ1n) is 12.4. The predicted octanol–water partition coefficient (Wildman–Crippen LogP) is 4.46. The Hall–Kier alpha value is -4.46. The van der Waals surface area contributed by atoms with E-state index in [4.69, 9.17) is 15.5 Å². The lowest BCUT2D eigenvalue weighted by Gasteiger charge is -2.15. The van der Waals surface area contributed by atoms with Crippen LogP contribution in [0.15, 0.2) is 71.7 Å². The van der Waals surface area contributed by atoms with Crippen molar-refractivity contribution in [1.29, 1.82) is 0 Å². The second-order valence-corrected chi connectivity index (χ2v) is 9.12. The van der Waals surface area contributed by atoms with Crippen molar-refractivity contribution in [1.82, 2.24) is 20.1 Å². The van der Waals surface area contributed by atoms with Gasteiger partial charge in [0.15, 0.2) is 5.82 Å². The van der Waals surface area contributed by atoms with E-state index >= 15 is 0 Å². The van der Waals surface area contributed by atoms with E-state index < -0.39 is 6.04 Å². The van der Waals surface area contributed by atoms with Crippen molar-refractivity contribution in [2.75, 3.05) is 12.3 Å². The van der Waals surface area contributed by atoms with E-state index in [1.807, 2.05) is 60.9 Å². The summed E-state index contributed by atoms with van der Waals surface area (Å²) in [6.07, 6.45) is 0.173. The van der Waals surface area contributed by atoms with Crippen molar-refractivity contribution in [3.8, 4) is 11.4 Å². The average Bonchev–Trinajstić information content (AvgIpc) is 3.21. The van der Waals surface area contributed by atoms with Crippen LogP contribution in [0.2, 0.25) is 0 Å². The fraction of sp³-hybridized carbons (Fsp3) is 0.241. The summed E-state index contributed by atoms with van der Waals surface area (Å²) >= 11 is 0. The molecule has 0 bridgehead atoms. The topological polar surface area (TPSA) is 107 Å². The number of carbonyl (C=O) groups excluding carboxylic acids is 1. The van der Waals surface area contributed by atoms with Crippen LogP contribution >= 0.6 is 0 Å². The molecule has 37 heavy (non-hydrogen) atoms. The minimum absolute atomic E-state index is 0.0814. The van der Waals surface area contributed by atoms with Gasteiger partial charge in [-0.1, -0.05) is 48.0 Å². The highest BCUT2D eigenvalue weighted by Gasteiger charge is 2.30. The number of rotatable bonds is 7. The van der Waals surface area contributed by atoms with E-state index in [1.54, 1.807) is 0 Å². The maximum Gasteiger partial charge on any atom is 0.222 e. The number of aliphatic imine (C=N–C) groups is 1. The van der Waals surface area contributed by atoms with Crippen molar-refractivity contribution in [3.63, 3.8) is 0 Å². The molecule has 1 aromatic heterocycles. The molecule has 8 heteroatoms. The number of nitrogens with zero attached hydrogens (tertiary/aromatic N) is 4. The normalized spacial score (nSPS) is 14.2. The molecule has 4 aromatic rings. The summed E-state index contributed by atoms with van der Waals surface area (Å²) in [6.45, 7) is 6.76. The molecule has 0 saturated carbocycles. The third kappa shape index (κ3) is 4.95. The van der Waals surface area contributed by atoms with Gasteiger partial charge in [0.1, 0.15) is 24.2 Å². The quantitative estimate of drug-likeness (QED) is 0.369. The molecule has 3 aromatic carbocycles. The lowest BCUT2D eigenvalue weighted by atomic mass is 9.99. The van der Waals surface area contributed by atoms with Crippen LogP contribution in [-0.2, 0) is 11.4 Å². The van der Waals surface area contributed by atoms with Crippen LogP contribution in [-0.4, -0.2) is 32.9 Å². The van der Waals surface area contributed by atoms with E-state index in [2.05, 4.69) is 46.7 Å². The smallest absolute Gasteiger partial charge is 0.222 e. The number of ether oxygens (including phenoxy) is 1. The number of nitrogens with one attached hydrogen (secondary N) is 1. The number of fused-ring (bicyclic) bond motifs is 3. The molecule has 0 spiro atoms. The van der Waals surface area contributed by atoms with Gasteiger partial charge in [-0.15, -0.1) is 10.2 Å². The zero-order valence-electron chi connectivity index (χ0n) is 21.2. The van der Waals surface area contributed by atoms with Gasteiger partial charge in [0.05, 0.1) is 17.8 Å². The van der Waals surface area contributed by atoms with Crippen LogP contribution in [0.1, 0.15) is 53.3 Å². The Labute approximate surface area is 216 Å². The van der Waals surface area contributed by atoms with Crippen molar-refractivity contribution in [2.24, 2.45) is 4.99 Å². The van der Waals surface area contributed by atoms with E-state index in [9.17, 15) is 4.79 Å². The summed E-state index contributed by atoms with van der Waals surface area (Å²) < 4.78 is 8.16. The van der Waals surface area contributed by atoms with Crippen LogP contribution in [0.25, 0.3) is 5.69 Å². The summed E-state index contributed by atoms with van der Waals surface area (Å²) in [7, 11) is 0. The molecule has 8 nitrogen and oxygen atoms in total. The van der Waals surface area contributed by atoms with Gasteiger partial charge in [-0.25, -0.2) is 0 Å². The molecule has 1 amide bonds. The number of carbonyl (C=O) groups is 1. The van der Waals surface area contributed by atoms with Crippen molar-refractivity contribution >= 4 is 17.3 Å². The number of aryl methyl sites for hydroxylation is 2. The number of nitrogen functional groups attached to an aromatic ring is 1. The molecule has 0 fully saturated rings. The van der Waals surface area contributed by atoms with Crippen molar-refractivity contribution in [3.05, 3.63) is 101 Å². The first-order chi connectivity index (χ1) is 17.9. The summed E-state index contributed by atoms with van der Waals surface area (Å²) in [5, 5.41) is 11.7. The number of para-hydroxylation sites is 1. The average molecular weight is 495 g/mol. The van der Waals surface area contributed by atoms with Crippen LogP contribution in [0.4, 0.5) is 5.69 Å². The largest absolute Gasteiger partial charge is 0.489 e. The van der Waals surface area contributed by atoms with Crippen LogP contribution in [0, 0.1) is 13.8 Å². The highest BCUT2D eigenvalue weighted by atomic mass is 16.5. The van der Waals surface area contributed by atoms with Gasteiger partial charge >= 0.3 is 0 Å². The Morgan fingerprint density at radius 1 is 1.05 bits per heavy atom. The molecule has 188 valence electrons. The Morgan fingerprint density at radius 2 is 1.84 bits per heavy atom. The van der Waals surface area contributed by atoms with Gasteiger partial charge in [0, 0.05) is 28.9 Å². The monoisotopic (exact) mass is 494 g/mol. The Kier molecular flexibility index (Phi) is 6.72. The third-order valence-electron chi connectivity index (χ3n) is 6.42. The minimum Gasteiger partial charge on any atom is -0.489 e. The summed E-state index contributed by atoms with van der Waals surface area (Å²) in [5.74, 6) is 1.97. The molecule has 1 unspecified atom stereocenters. The Morgan fingerprint density at radius 3 is 2.59 bits per heavy atom. The molecule has 0 aliphatic carbocycles. The zero-order chi connectivity index (χ0) is 25.9. The van der Waals surface area contributed by atoms with Crippen LogP contribution < -0.4 is 15.8 Å². The van der Waals surface area contributed by atoms with Gasteiger partial charge in [-0.3, -0.25) is 14.4 Å². The minimum atomic E-state index is -0.495. The zero-order valence-corrected chi connectivity index (χ0v) is 21.2. The first kappa shape index (κ1) is 24.2. The molecule has 3 N–H and O–H groups in total. The second-order valence-electron chi connectivity index (χ2n) is 9.12.